The molecule has 0 unspecified atom stereocenters. The number of rotatable bonds is 4. The number of imidazole rings is 1. The molecule has 1 saturated heterocycles. The number of carbonyl (C=O) groups excluding carboxylic acids is 1. The second-order valence-corrected chi connectivity index (χ2v) is 8.51. The summed E-state index contributed by atoms with van der Waals surface area (Å²) < 4.78 is 5.34. The molecule has 0 bridgehead atoms. The molecule has 7 nitrogen and oxygen atoms in total. The third-order valence-corrected chi connectivity index (χ3v) is 6.33. The van der Waals surface area contributed by atoms with Crippen LogP contribution in [-0.2, 0) is 0 Å². The lowest BCUT2D eigenvalue weighted by atomic mass is 9.95. The van der Waals surface area contributed by atoms with E-state index in [1.54, 1.807) is 0 Å². The van der Waals surface area contributed by atoms with E-state index >= 15 is 0 Å². The molecule has 4 aromatic rings. The van der Waals surface area contributed by atoms with Gasteiger partial charge in [-0.2, -0.15) is 4.98 Å². The number of piperidine rings is 1. The number of aromatic amines is 1. The summed E-state index contributed by atoms with van der Waals surface area (Å²) in [4.78, 5) is 27.6. The summed E-state index contributed by atoms with van der Waals surface area (Å²) in [5.41, 5.74) is 3.64. The maximum absolute atomic E-state index is 13.0. The maximum Gasteiger partial charge on any atom is 0.253 e. The summed E-state index contributed by atoms with van der Waals surface area (Å²) in [7, 11) is 0. The van der Waals surface area contributed by atoms with Gasteiger partial charge in [-0.25, -0.2) is 4.98 Å². The molecule has 1 N–H and O–H groups in total. The quantitative estimate of drug-likeness (QED) is 0.532. The van der Waals surface area contributed by atoms with E-state index in [1.807, 2.05) is 47.4 Å². The fourth-order valence-corrected chi connectivity index (χ4v) is 4.31. The molecule has 2 aromatic heterocycles. The molecule has 0 radical (unpaired) electrons. The Balaban J connectivity index is 1.11. The lowest BCUT2D eigenvalue weighted by Crippen LogP contribution is -2.38. The van der Waals surface area contributed by atoms with Gasteiger partial charge < -0.3 is 14.4 Å². The number of para-hydroxylation sites is 2. The number of likely N-dealkylation sites (tertiary alicyclic amines) is 1. The fourth-order valence-electron chi connectivity index (χ4n) is 4.31. The van der Waals surface area contributed by atoms with Gasteiger partial charge in [0.05, 0.1) is 11.0 Å². The van der Waals surface area contributed by atoms with Crippen molar-refractivity contribution in [2.75, 3.05) is 13.1 Å². The first-order chi connectivity index (χ1) is 15.2. The van der Waals surface area contributed by atoms with Crippen molar-refractivity contribution in [2.45, 2.75) is 37.5 Å². The number of aromatic nitrogens is 4. The largest absolute Gasteiger partial charge is 0.342 e. The molecule has 7 heteroatoms. The third-order valence-electron chi connectivity index (χ3n) is 6.33. The number of fused-ring (bicyclic) bond motifs is 1. The van der Waals surface area contributed by atoms with Crippen LogP contribution in [0.25, 0.3) is 22.4 Å². The number of nitrogens with one attached hydrogen (secondary N) is 1. The number of hydrogen-bond acceptors (Lipinski definition) is 5. The normalized spacial score (nSPS) is 17.4. The van der Waals surface area contributed by atoms with Crippen molar-refractivity contribution in [1.82, 2.24) is 25.0 Å². The van der Waals surface area contributed by atoms with Gasteiger partial charge >= 0.3 is 0 Å². The van der Waals surface area contributed by atoms with E-state index in [2.05, 4.69) is 21.2 Å². The Morgan fingerprint density at radius 3 is 2.45 bits per heavy atom. The Labute approximate surface area is 179 Å². The molecule has 156 valence electrons. The van der Waals surface area contributed by atoms with Crippen LogP contribution in [0.4, 0.5) is 0 Å². The maximum atomic E-state index is 13.0. The van der Waals surface area contributed by atoms with Crippen molar-refractivity contribution in [3.8, 4) is 11.4 Å². The van der Waals surface area contributed by atoms with Gasteiger partial charge in [0, 0.05) is 36.1 Å². The zero-order valence-corrected chi connectivity index (χ0v) is 17.1. The Morgan fingerprint density at radius 1 is 0.935 bits per heavy atom. The van der Waals surface area contributed by atoms with Crippen molar-refractivity contribution < 1.29 is 9.32 Å². The Kier molecular flexibility index (Phi) is 4.33. The van der Waals surface area contributed by atoms with Crippen molar-refractivity contribution >= 4 is 16.9 Å². The predicted octanol–water partition coefficient (Wildman–Crippen LogP) is 4.51. The predicted molar refractivity (Wildman–Crippen MR) is 116 cm³/mol. The first-order valence-electron chi connectivity index (χ1n) is 10.9. The molecule has 0 atom stereocenters. The molecule has 1 aliphatic carbocycles. The zero-order chi connectivity index (χ0) is 20.8. The van der Waals surface area contributed by atoms with Crippen molar-refractivity contribution in [3.63, 3.8) is 0 Å². The summed E-state index contributed by atoms with van der Waals surface area (Å²) >= 11 is 0. The highest BCUT2D eigenvalue weighted by atomic mass is 16.5. The van der Waals surface area contributed by atoms with Crippen LogP contribution in [0.15, 0.2) is 53.1 Å². The van der Waals surface area contributed by atoms with Gasteiger partial charge in [-0.3, -0.25) is 4.79 Å². The Bertz CT molecular complexity index is 1200. The minimum absolute atomic E-state index is 0.0707. The number of hydrogen-bond donors (Lipinski definition) is 1. The molecule has 3 heterocycles. The number of H-pyrrole nitrogens is 1. The van der Waals surface area contributed by atoms with E-state index in [0.717, 1.165) is 67.1 Å². The molecule has 0 spiro atoms. The summed E-state index contributed by atoms with van der Waals surface area (Å²) in [6, 6.07) is 15.6. The van der Waals surface area contributed by atoms with Crippen molar-refractivity contribution in [2.24, 2.45) is 0 Å². The SMILES string of the molecule is O=C(c1ccc(-c2noc(C3CC3)n2)cc1)N1CCC(c2nc3ccccc3[nH]2)CC1. The van der Waals surface area contributed by atoms with Gasteiger partial charge in [-0.1, -0.05) is 29.4 Å². The van der Waals surface area contributed by atoms with Crippen LogP contribution in [-0.4, -0.2) is 44.0 Å². The number of carbonyl (C=O) groups is 1. The average molecular weight is 413 g/mol. The lowest BCUT2D eigenvalue weighted by Gasteiger charge is -2.31. The van der Waals surface area contributed by atoms with E-state index in [-0.39, 0.29) is 5.91 Å². The number of amides is 1. The molecular weight excluding hydrogens is 390 g/mol. The van der Waals surface area contributed by atoms with E-state index in [0.29, 0.717) is 23.2 Å². The van der Waals surface area contributed by atoms with Gasteiger partial charge in [0.1, 0.15) is 5.82 Å². The number of benzene rings is 2. The average Bonchev–Trinajstić information content (AvgIpc) is 3.39. The van der Waals surface area contributed by atoms with Crippen molar-refractivity contribution in [3.05, 3.63) is 65.8 Å². The first-order valence-corrected chi connectivity index (χ1v) is 10.9. The van der Waals surface area contributed by atoms with Gasteiger partial charge in [0.25, 0.3) is 5.91 Å². The van der Waals surface area contributed by atoms with E-state index < -0.39 is 0 Å². The second kappa shape index (κ2) is 7.34. The standard InChI is InChI=1S/C24H23N5O2/c30-24(18-9-5-15(6-10-18)22-27-23(31-28-22)17-7-8-17)29-13-11-16(12-14-29)21-25-19-3-1-2-4-20(19)26-21/h1-6,9-10,16-17H,7-8,11-14H2,(H,25,26). The van der Waals surface area contributed by atoms with Crippen LogP contribution < -0.4 is 0 Å². The van der Waals surface area contributed by atoms with Gasteiger partial charge in [0.2, 0.25) is 11.7 Å². The van der Waals surface area contributed by atoms with Gasteiger partial charge in [0.15, 0.2) is 0 Å². The Hall–Kier alpha value is -3.48. The fraction of sp³-hybridized carbons (Fsp3) is 0.333. The zero-order valence-electron chi connectivity index (χ0n) is 17.1. The topological polar surface area (TPSA) is 87.9 Å². The molecule has 1 amide bonds. The van der Waals surface area contributed by atoms with Crippen molar-refractivity contribution in [1.29, 1.82) is 0 Å². The highest BCUT2D eigenvalue weighted by Crippen LogP contribution is 2.39. The second-order valence-electron chi connectivity index (χ2n) is 8.51. The molecule has 2 fully saturated rings. The molecule has 2 aliphatic rings. The molecule has 6 rings (SSSR count). The highest BCUT2D eigenvalue weighted by molar-refractivity contribution is 5.94. The van der Waals surface area contributed by atoms with Crippen LogP contribution >= 0.6 is 0 Å². The lowest BCUT2D eigenvalue weighted by molar-refractivity contribution is 0.0711. The summed E-state index contributed by atoms with van der Waals surface area (Å²) in [6.07, 6.45) is 4.08. The highest BCUT2D eigenvalue weighted by Gasteiger charge is 2.30. The van der Waals surface area contributed by atoms with Gasteiger partial charge in [-0.15, -0.1) is 0 Å². The van der Waals surface area contributed by atoms with Crippen LogP contribution in [0.3, 0.4) is 0 Å². The molecular formula is C24H23N5O2. The van der Waals surface area contributed by atoms with E-state index in [1.165, 1.54) is 0 Å². The minimum Gasteiger partial charge on any atom is -0.342 e. The first kappa shape index (κ1) is 18.3. The van der Waals surface area contributed by atoms with E-state index in [9.17, 15) is 4.79 Å². The molecule has 2 aromatic carbocycles. The van der Waals surface area contributed by atoms with E-state index in [4.69, 9.17) is 9.51 Å². The Morgan fingerprint density at radius 2 is 1.71 bits per heavy atom. The molecule has 1 aliphatic heterocycles. The third kappa shape index (κ3) is 3.50. The van der Waals surface area contributed by atoms with Gasteiger partial charge in [-0.05, 0) is 49.9 Å². The van der Waals surface area contributed by atoms with Crippen LogP contribution in [0, 0.1) is 0 Å². The molecule has 1 saturated carbocycles. The summed E-state index contributed by atoms with van der Waals surface area (Å²) in [5.74, 6) is 3.21. The smallest absolute Gasteiger partial charge is 0.253 e. The summed E-state index contributed by atoms with van der Waals surface area (Å²) in [6.45, 7) is 1.47. The number of nitrogens with zero attached hydrogens (tertiary/aromatic N) is 4. The monoisotopic (exact) mass is 413 g/mol. The summed E-state index contributed by atoms with van der Waals surface area (Å²) in [5, 5.41) is 4.07. The van der Waals surface area contributed by atoms with Crippen LogP contribution in [0.5, 0.6) is 0 Å². The molecule has 31 heavy (non-hydrogen) atoms. The minimum atomic E-state index is 0.0707. The van der Waals surface area contributed by atoms with Crippen LogP contribution in [0.2, 0.25) is 0 Å². The van der Waals surface area contributed by atoms with Crippen LogP contribution in [0.1, 0.15) is 59.6 Å².